The highest BCUT2D eigenvalue weighted by molar-refractivity contribution is 6.05. The van der Waals surface area contributed by atoms with Gasteiger partial charge in [-0.3, -0.25) is 19.7 Å². The molecule has 0 aliphatic heterocycles. The van der Waals surface area contributed by atoms with Crippen molar-refractivity contribution in [3.8, 4) is 6.07 Å². The Morgan fingerprint density at radius 2 is 2.07 bits per heavy atom. The van der Waals surface area contributed by atoms with Crippen LogP contribution in [0.25, 0.3) is 11.0 Å². The minimum Gasteiger partial charge on any atom is -0.451 e. The summed E-state index contributed by atoms with van der Waals surface area (Å²) in [5.41, 5.74) is 0.859. The van der Waals surface area contributed by atoms with E-state index < -0.39 is 16.7 Å². The number of aromatic nitrogens is 1. The first-order valence-electron chi connectivity index (χ1n) is 8.20. The Hall–Kier alpha value is -4.13. The van der Waals surface area contributed by atoms with E-state index >= 15 is 0 Å². The van der Waals surface area contributed by atoms with Gasteiger partial charge in [-0.15, -0.1) is 0 Å². The monoisotopic (exact) mass is 381 g/mol. The minimum absolute atomic E-state index is 0.0921. The van der Waals surface area contributed by atoms with Gasteiger partial charge in [0.25, 0.3) is 17.5 Å². The van der Waals surface area contributed by atoms with E-state index in [4.69, 9.17) is 9.68 Å². The second-order valence-electron chi connectivity index (χ2n) is 5.93. The molecule has 0 saturated heterocycles. The average molecular weight is 381 g/mol. The summed E-state index contributed by atoms with van der Waals surface area (Å²) in [6.07, 6.45) is 1.45. The molecule has 2 amide bonds. The fourth-order valence-electron chi connectivity index (χ4n) is 2.62. The van der Waals surface area contributed by atoms with Crippen molar-refractivity contribution in [1.29, 1.82) is 5.26 Å². The quantitative estimate of drug-likeness (QED) is 0.381. The van der Waals surface area contributed by atoms with E-state index in [0.717, 1.165) is 0 Å². The summed E-state index contributed by atoms with van der Waals surface area (Å²) in [5, 5.41) is 25.2. The van der Waals surface area contributed by atoms with Crippen LogP contribution in [-0.4, -0.2) is 27.8 Å². The van der Waals surface area contributed by atoms with Crippen molar-refractivity contribution in [3.05, 3.63) is 58.1 Å². The van der Waals surface area contributed by atoms with Crippen molar-refractivity contribution in [2.45, 2.75) is 6.42 Å². The maximum absolute atomic E-state index is 12.4. The molecule has 2 heterocycles. The molecule has 0 unspecified atom stereocenters. The predicted octanol–water partition coefficient (Wildman–Crippen LogP) is 2.58. The second kappa shape index (κ2) is 7.63. The number of nitriles is 1. The van der Waals surface area contributed by atoms with Gasteiger partial charge >= 0.3 is 0 Å². The molecule has 0 bridgehead atoms. The van der Waals surface area contributed by atoms with Crippen molar-refractivity contribution in [1.82, 2.24) is 9.88 Å². The predicted molar refractivity (Wildman–Crippen MR) is 98.8 cm³/mol. The van der Waals surface area contributed by atoms with E-state index in [0.29, 0.717) is 16.7 Å². The van der Waals surface area contributed by atoms with Crippen molar-refractivity contribution in [2.24, 2.45) is 7.05 Å². The third-order valence-electron chi connectivity index (χ3n) is 3.95. The average Bonchev–Trinajstić information content (AvgIpc) is 3.25. The number of anilines is 1. The Morgan fingerprint density at radius 1 is 1.29 bits per heavy atom. The van der Waals surface area contributed by atoms with Crippen molar-refractivity contribution < 1.29 is 18.9 Å². The lowest BCUT2D eigenvalue weighted by atomic mass is 10.2. The highest BCUT2D eigenvalue weighted by atomic mass is 16.6. The van der Waals surface area contributed by atoms with Crippen LogP contribution in [0, 0.1) is 21.4 Å². The molecule has 0 spiro atoms. The van der Waals surface area contributed by atoms with Gasteiger partial charge in [0.2, 0.25) is 0 Å². The molecule has 0 aliphatic carbocycles. The van der Waals surface area contributed by atoms with Crippen LogP contribution in [0.5, 0.6) is 0 Å². The van der Waals surface area contributed by atoms with Gasteiger partial charge in [-0.2, -0.15) is 5.26 Å². The van der Waals surface area contributed by atoms with Crippen LogP contribution >= 0.6 is 0 Å². The number of rotatable bonds is 6. The summed E-state index contributed by atoms with van der Waals surface area (Å²) in [7, 11) is 1.54. The molecule has 3 aromatic rings. The van der Waals surface area contributed by atoms with E-state index in [1.165, 1.54) is 22.9 Å². The minimum atomic E-state index is -0.572. The number of carbonyl (C=O) groups is 2. The lowest BCUT2D eigenvalue weighted by Crippen LogP contribution is -2.23. The van der Waals surface area contributed by atoms with Gasteiger partial charge in [0.1, 0.15) is 11.3 Å². The summed E-state index contributed by atoms with van der Waals surface area (Å²) < 4.78 is 6.84. The molecule has 142 valence electrons. The number of nitrogens with zero attached hydrogens (tertiary/aromatic N) is 3. The standard InChI is InChI=1S/C18H15N5O5/c1-22-10-13(23(26)27)9-14(22)17(24)21-12-3-4-15-11(7-12)8-16(28-15)18(25)20-6-2-5-19/h3-4,7-10H,2,6H2,1H3,(H,20,25)(H,21,24). The number of amides is 2. The van der Waals surface area contributed by atoms with Crippen LogP contribution in [-0.2, 0) is 7.05 Å². The number of fused-ring (bicyclic) bond motifs is 1. The molecule has 0 radical (unpaired) electrons. The third kappa shape index (κ3) is 3.83. The maximum Gasteiger partial charge on any atom is 0.287 e. The molecule has 1 aromatic carbocycles. The number of hydrogen-bond acceptors (Lipinski definition) is 6. The fraction of sp³-hybridized carbons (Fsp3) is 0.167. The van der Waals surface area contributed by atoms with E-state index in [-0.39, 0.29) is 30.1 Å². The summed E-state index contributed by atoms with van der Waals surface area (Å²) in [5.74, 6) is -0.851. The van der Waals surface area contributed by atoms with Crippen molar-refractivity contribution in [3.63, 3.8) is 0 Å². The number of furan rings is 1. The Balaban J connectivity index is 1.77. The van der Waals surface area contributed by atoms with E-state index in [9.17, 15) is 19.7 Å². The third-order valence-corrected chi connectivity index (χ3v) is 3.95. The normalized spacial score (nSPS) is 10.4. The first kappa shape index (κ1) is 18.7. The molecule has 0 fully saturated rings. The van der Waals surface area contributed by atoms with Gasteiger partial charge in [0, 0.05) is 30.7 Å². The van der Waals surface area contributed by atoms with Gasteiger partial charge in [-0.1, -0.05) is 0 Å². The molecule has 0 atom stereocenters. The van der Waals surface area contributed by atoms with Crippen LogP contribution in [0.15, 0.2) is 40.9 Å². The molecule has 0 saturated carbocycles. The van der Waals surface area contributed by atoms with Crippen LogP contribution in [0.1, 0.15) is 27.5 Å². The zero-order valence-electron chi connectivity index (χ0n) is 14.8. The lowest BCUT2D eigenvalue weighted by molar-refractivity contribution is -0.384. The number of carbonyl (C=O) groups excluding carboxylic acids is 2. The van der Waals surface area contributed by atoms with Crippen LogP contribution < -0.4 is 10.6 Å². The summed E-state index contributed by atoms with van der Waals surface area (Å²) in [4.78, 5) is 34.7. The number of nitro groups is 1. The number of aryl methyl sites for hydroxylation is 1. The molecule has 10 heteroatoms. The number of hydrogen-bond donors (Lipinski definition) is 2. The lowest BCUT2D eigenvalue weighted by Gasteiger charge is -2.05. The molecule has 0 aliphatic rings. The summed E-state index contributed by atoms with van der Waals surface area (Å²) in [6.45, 7) is 0.219. The Kier molecular flexibility index (Phi) is 5.08. The first-order valence-corrected chi connectivity index (χ1v) is 8.20. The fourth-order valence-corrected chi connectivity index (χ4v) is 2.62. The summed E-state index contributed by atoms with van der Waals surface area (Å²) in [6, 6.07) is 9.47. The molecule has 10 nitrogen and oxygen atoms in total. The van der Waals surface area contributed by atoms with Crippen molar-refractivity contribution >= 4 is 34.2 Å². The topological polar surface area (TPSA) is 143 Å². The van der Waals surface area contributed by atoms with Gasteiger partial charge in [0.05, 0.1) is 23.6 Å². The largest absolute Gasteiger partial charge is 0.451 e. The first-order chi connectivity index (χ1) is 13.4. The Bertz CT molecular complexity index is 1120. The van der Waals surface area contributed by atoms with E-state index in [1.54, 1.807) is 25.2 Å². The number of benzene rings is 1. The molecule has 2 aromatic heterocycles. The zero-order valence-corrected chi connectivity index (χ0v) is 14.8. The van der Waals surface area contributed by atoms with Gasteiger partial charge < -0.3 is 19.6 Å². The van der Waals surface area contributed by atoms with Gasteiger partial charge in [-0.05, 0) is 24.3 Å². The molecule has 28 heavy (non-hydrogen) atoms. The Labute approximate surface area is 158 Å². The summed E-state index contributed by atoms with van der Waals surface area (Å²) >= 11 is 0. The van der Waals surface area contributed by atoms with Crippen LogP contribution in [0.4, 0.5) is 11.4 Å². The van der Waals surface area contributed by atoms with Crippen LogP contribution in [0.2, 0.25) is 0 Å². The van der Waals surface area contributed by atoms with Gasteiger partial charge in [0.15, 0.2) is 5.76 Å². The number of nitrogens with one attached hydrogen (secondary N) is 2. The zero-order chi connectivity index (χ0) is 20.3. The molecule has 3 rings (SSSR count). The van der Waals surface area contributed by atoms with E-state index in [2.05, 4.69) is 10.6 Å². The smallest absolute Gasteiger partial charge is 0.287 e. The molecule has 2 N–H and O–H groups in total. The maximum atomic E-state index is 12.4. The van der Waals surface area contributed by atoms with E-state index in [1.807, 2.05) is 6.07 Å². The van der Waals surface area contributed by atoms with Crippen molar-refractivity contribution in [2.75, 3.05) is 11.9 Å². The molecular formula is C18H15N5O5. The second-order valence-corrected chi connectivity index (χ2v) is 5.93. The van der Waals surface area contributed by atoms with Gasteiger partial charge in [-0.25, -0.2) is 0 Å². The van der Waals surface area contributed by atoms with Crippen LogP contribution in [0.3, 0.4) is 0 Å². The Morgan fingerprint density at radius 3 is 2.75 bits per heavy atom. The highest BCUT2D eigenvalue weighted by Gasteiger charge is 2.18. The highest BCUT2D eigenvalue weighted by Crippen LogP contribution is 2.24. The SMILES string of the molecule is Cn1cc([N+](=O)[O-])cc1C(=O)Nc1ccc2oc(C(=O)NCCC#N)cc2c1. The molecular weight excluding hydrogens is 366 g/mol.